The van der Waals surface area contributed by atoms with Crippen molar-refractivity contribution in [3.05, 3.63) is 97.8 Å². The molecule has 0 saturated heterocycles. The topological polar surface area (TPSA) is 0 Å². The molecule has 0 aromatic heterocycles. The van der Waals surface area contributed by atoms with E-state index in [9.17, 15) is 0 Å². The molecule has 152 valence electrons. The van der Waals surface area contributed by atoms with Gasteiger partial charge in [0.15, 0.2) is 0 Å². The van der Waals surface area contributed by atoms with Crippen molar-refractivity contribution in [2.75, 3.05) is 0 Å². The normalized spacial score (nSPS) is 8.04. The van der Waals surface area contributed by atoms with Crippen molar-refractivity contribution >= 4 is 28.4 Å². The number of aryl methyl sites for hydroxylation is 2. The van der Waals surface area contributed by atoms with E-state index in [0.717, 1.165) is 0 Å². The minimum absolute atomic E-state index is 0. The first-order valence-corrected chi connectivity index (χ1v) is 12.8. The van der Waals surface area contributed by atoms with Crippen molar-refractivity contribution < 1.29 is 48.1 Å². The second-order valence-corrected chi connectivity index (χ2v) is 5.32. The Bertz CT molecular complexity index is 727. The summed E-state index contributed by atoms with van der Waals surface area (Å²) in [4.78, 5) is 0. The van der Waals surface area contributed by atoms with Crippen LogP contribution in [0.1, 0.15) is 25.0 Å². The van der Waals surface area contributed by atoms with Gasteiger partial charge in [-0.25, -0.2) is 0 Å². The van der Waals surface area contributed by atoms with Crippen LogP contribution in [-0.2, 0) is 23.3 Å². The Balaban J connectivity index is -0.000000334. The van der Waals surface area contributed by atoms with Gasteiger partial charge in [0.25, 0.3) is 0 Å². The molecule has 0 N–H and O–H groups in total. The number of hydrogen-bond donors (Lipinski definition) is 0. The van der Waals surface area contributed by atoms with E-state index in [1.807, 2.05) is 0 Å². The van der Waals surface area contributed by atoms with Gasteiger partial charge in [-0.3, -0.25) is 0 Å². The van der Waals surface area contributed by atoms with Crippen LogP contribution in [0.3, 0.4) is 0 Å². The molecular formula is C24H28Cl2SiZr-6. The SMILES string of the molecule is Cc1cc2ccccc2[cH-]1.Cc1cc2ccccc2[cH-]1.[CH2-]C.[CH2-]C.[Cl-].[Cl-].[Si]=[Zr]. The van der Waals surface area contributed by atoms with E-state index < -0.39 is 0 Å². The molecule has 28 heavy (non-hydrogen) atoms. The molecule has 0 aliphatic rings. The molecule has 0 aliphatic heterocycles. The van der Waals surface area contributed by atoms with E-state index in [4.69, 9.17) is 0 Å². The molecule has 0 unspecified atom stereocenters. The summed E-state index contributed by atoms with van der Waals surface area (Å²) in [6.45, 7) is 17.3. The first kappa shape index (κ1) is 32.0. The molecule has 0 atom stereocenters. The zero-order valence-corrected chi connectivity index (χ0v) is 22.1. The quantitative estimate of drug-likeness (QED) is 0.247. The van der Waals surface area contributed by atoms with Crippen LogP contribution in [0, 0.1) is 27.7 Å². The summed E-state index contributed by atoms with van der Waals surface area (Å²) < 4.78 is 0. The number of benzene rings is 2. The van der Waals surface area contributed by atoms with Crippen molar-refractivity contribution in [3.8, 4) is 0 Å². The van der Waals surface area contributed by atoms with Crippen LogP contribution in [0.5, 0.6) is 0 Å². The molecule has 0 amide bonds. The van der Waals surface area contributed by atoms with Gasteiger partial charge in [0, 0.05) is 0 Å². The van der Waals surface area contributed by atoms with Gasteiger partial charge in [0.2, 0.25) is 0 Å². The summed E-state index contributed by atoms with van der Waals surface area (Å²) in [5, 5.41) is 5.39. The molecular weight excluding hydrogens is 478 g/mol. The van der Waals surface area contributed by atoms with E-state index in [2.05, 4.69) is 107 Å². The van der Waals surface area contributed by atoms with E-state index in [-0.39, 0.29) is 24.8 Å². The molecule has 0 aliphatic carbocycles. The Kier molecular flexibility index (Phi) is 22.5. The zero-order valence-electron chi connectivity index (χ0n) is 17.1. The summed E-state index contributed by atoms with van der Waals surface area (Å²) in [5.41, 5.74) is 2.70. The Hall–Kier alpha value is -0.660. The van der Waals surface area contributed by atoms with Crippen molar-refractivity contribution in [1.82, 2.24) is 0 Å². The minimum atomic E-state index is 0. The van der Waals surface area contributed by atoms with Crippen molar-refractivity contribution in [3.63, 3.8) is 0 Å². The van der Waals surface area contributed by atoms with Crippen molar-refractivity contribution in [2.24, 2.45) is 0 Å². The third kappa shape index (κ3) is 10.8. The standard InChI is InChI=1S/2C10H9.2C2H5.2ClH.Si.Zr/c2*1-8-6-9-4-2-3-5-10(9)7-8;2*1-2;;;;/h2*2-7H,1H3;2*1H2,2H3;2*1H;;/q4*-1;;;;/p-2. The maximum absolute atomic E-state index is 3.25. The van der Waals surface area contributed by atoms with Gasteiger partial charge >= 0.3 is 30.2 Å². The monoisotopic (exact) mass is 504 g/mol. The molecule has 0 bridgehead atoms. The third-order valence-corrected chi connectivity index (χ3v) is 3.52. The van der Waals surface area contributed by atoms with E-state index >= 15 is 0 Å². The fourth-order valence-corrected chi connectivity index (χ4v) is 2.61. The second kappa shape index (κ2) is 19.6. The van der Waals surface area contributed by atoms with Crippen LogP contribution in [0.2, 0.25) is 0 Å². The first-order chi connectivity index (χ1) is 12.7. The molecule has 0 saturated carbocycles. The Labute approximate surface area is 200 Å². The molecule has 0 fully saturated rings. The molecule has 0 heterocycles. The van der Waals surface area contributed by atoms with Crippen LogP contribution in [0.4, 0.5) is 0 Å². The molecule has 0 spiro atoms. The van der Waals surface area contributed by atoms with Crippen LogP contribution in [0.25, 0.3) is 21.5 Å². The van der Waals surface area contributed by atoms with E-state index in [1.165, 1.54) is 56.0 Å². The molecule has 4 heteroatoms. The fourth-order valence-electron chi connectivity index (χ4n) is 2.61. The van der Waals surface area contributed by atoms with Gasteiger partial charge in [-0.05, 0) is 0 Å². The first-order valence-electron chi connectivity index (χ1n) is 8.63. The summed E-state index contributed by atoms with van der Waals surface area (Å²) in [5.74, 6) is 0. The summed E-state index contributed by atoms with van der Waals surface area (Å²) in [6, 6.07) is 25.7. The van der Waals surface area contributed by atoms with Crippen LogP contribution in [-0.4, -0.2) is 6.88 Å². The van der Waals surface area contributed by atoms with Gasteiger partial charge in [-0.1, -0.05) is 26.0 Å². The molecule has 4 rings (SSSR count). The van der Waals surface area contributed by atoms with Gasteiger partial charge in [0.05, 0.1) is 0 Å². The number of fused-ring (bicyclic) bond motifs is 2. The third-order valence-electron chi connectivity index (χ3n) is 3.52. The fraction of sp³-hybridized carbons (Fsp3) is 0.167. The maximum atomic E-state index is 3.25. The number of rotatable bonds is 0. The number of hydrogen-bond acceptors (Lipinski definition) is 0. The average molecular weight is 507 g/mol. The Morgan fingerprint density at radius 2 is 0.929 bits per heavy atom. The molecule has 4 aromatic rings. The summed E-state index contributed by atoms with van der Waals surface area (Å²) in [6.07, 6.45) is 0. The Morgan fingerprint density at radius 3 is 1.21 bits per heavy atom. The van der Waals surface area contributed by atoms with Gasteiger partial charge in [-0.2, -0.15) is 26.0 Å². The van der Waals surface area contributed by atoms with E-state index in [0.29, 0.717) is 0 Å². The van der Waals surface area contributed by atoms with Crippen LogP contribution < -0.4 is 24.8 Å². The predicted molar refractivity (Wildman–Crippen MR) is 116 cm³/mol. The van der Waals surface area contributed by atoms with Crippen molar-refractivity contribution in [2.45, 2.75) is 27.7 Å². The number of halogens is 2. The van der Waals surface area contributed by atoms with Crippen LogP contribution >= 0.6 is 0 Å². The summed E-state index contributed by atoms with van der Waals surface area (Å²) in [7, 11) is 0. The second-order valence-electron chi connectivity index (χ2n) is 5.32. The van der Waals surface area contributed by atoms with E-state index in [1.54, 1.807) is 13.8 Å². The zero-order chi connectivity index (χ0) is 19.9. The van der Waals surface area contributed by atoms with Gasteiger partial charge < -0.3 is 38.7 Å². The molecule has 0 nitrogen and oxygen atoms in total. The average Bonchev–Trinajstić information content (AvgIpc) is 3.27. The van der Waals surface area contributed by atoms with Gasteiger partial charge in [0.1, 0.15) is 0 Å². The Morgan fingerprint density at radius 1 is 0.643 bits per heavy atom. The molecule has 4 aromatic carbocycles. The van der Waals surface area contributed by atoms with Gasteiger partial charge in [-0.15, -0.1) is 81.2 Å². The predicted octanol–water partition coefficient (Wildman–Crippen LogP) is 1.04. The van der Waals surface area contributed by atoms with Crippen molar-refractivity contribution in [1.29, 1.82) is 0 Å². The van der Waals surface area contributed by atoms with Crippen LogP contribution in [0.15, 0.2) is 72.8 Å². The summed E-state index contributed by atoms with van der Waals surface area (Å²) >= 11 is 1.36. The molecule has 2 radical (unpaired) electrons.